The summed E-state index contributed by atoms with van der Waals surface area (Å²) in [6.07, 6.45) is 0.268. The minimum atomic E-state index is -5.48. The minimum absolute atomic E-state index is 0.102. The number of hydrogen-bond acceptors (Lipinski definition) is 6. The molecule has 0 bridgehead atoms. The van der Waals surface area contributed by atoms with Gasteiger partial charge in [0.1, 0.15) is 6.04 Å². The first-order chi connectivity index (χ1) is 16.8. The zero-order chi connectivity index (χ0) is 27.4. The number of unbranched alkanes of at least 4 members (excludes halogenated alkanes) is 2. The quantitative estimate of drug-likeness (QED) is 0.0565. The Hall–Kier alpha value is -1.20. The Kier molecular flexibility index (Phi) is 13.9. The molecule has 0 aromatic heterocycles. The van der Waals surface area contributed by atoms with Gasteiger partial charge in [-0.3, -0.25) is 18.7 Å². The Bertz CT molecular complexity index is 900. The molecule has 0 aliphatic rings. The van der Waals surface area contributed by atoms with E-state index >= 15 is 0 Å². The number of carbonyl (C=O) groups excluding carboxylic acids is 2. The molecule has 0 radical (unpaired) electrons. The Labute approximate surface area is 219 Å². The van der Waals surface area contributed by atoms with Crippen molar-refractivity contribution in [2.75, 3.05) is 36.3 Å². The highest BCUT2D eigenvalue weighted by atomic mass is 35.5. The molecule has 1 rings (SSSR count). The normalized spacial score (nSPS) is 13.2. The molecule has 0 aliphatic heterocycles. The molecule has 7 N–H and O–H groups in total. The van der Waals surface area contributed by atoms with Crippen LogP contribution in [0.3, 0.4) is 0 Å². The van der Waals surface area contributed by atoms with E-state index in [0.717, 1.165) is 11.3 Å². The lowest BCUT2D eigenvalue weighted by Gasteiger charge is -2.29. The average molecular weight is 592 g/mol. The number of hydrogen-bond donors (Lipinski definition) is 7. The molecule has 206 valence electrons. The van der Waals surface area contributed by atoms with E-state index in [0.29, 0.717) is 37.7 Å². The molecule has 0 heterocycles. The predicted octanol–water partition coefficient (Wildman–Crippen LogP) is 1.31. The Morgan fingerprint density at radius 2 is 1.56 bits per heavy atom. The lowest BCUT2D eigenvalue weighted by atomic mass is 10.0. The van der Waals surface area contributed by atoms with Gasteiger partial charge >= 0.3 is 15.2 Å². The SMILES string of the molecule is O=CN[C@@H](Cc1ccc(N(CCCl)CCCl)cc1)C(=O)NCCCCCC(O)(P(=O)(O)O)P(=O)(O)O. The highest BCUT2D eigenvalue weighted by Crippen LogP contribution is 2.69. The van der Waals surface area contributed by atoms with Crippen molar-refractivity contribution in [1.82, 2.24) is 10.6 Å². The van der Waals surface area contributed by atoms with Crippen LogP contribution in [0, 0.1) is 0 Å². The molecule has 1 atom stereocenters. The topological polar surface area (TPSA) is 197 Å². The molecular weight excluding hydrogens is 559 g/mol. The number of nitrogens with one attached hydrogen (secondary N) is 2. The van der Waals surface area contributed by atoms with Gasteiger partial charge in [-0.1, -0.05) is 18.6 Å². The van der Waals surface area contributed by atoms with Crippen LogP contribution in [0.1, 0.15) is 31.2 Å². The van der Waals surface area contributed by atoms with Gasteiger partial charge in [0, 0.05) is 43.5 Å². The molecule has 0 aliphatic carbocycles. The average Bonchev–Trinajstić information content (AvgIpc) is 2.79. The highest BCUT2D eigenvalue weighted by Gasteiger charge is 2.58. The molecule has 0 unspecified atom stereocenters. The van der Waals surface area contributed by atoms with E-state index in [2.05, 4.69) is 10.6 Å². The molecule has 12 nitrogen and oxygen atoms in total. The summed E-state index contributed by atoms with van der Waals surface area (Å²) in [6, 6.07) is 6.58. The molecule has 1 aromatic rings. The molecule has 0 saturated heterocycles. The van der Waals surface area contributed by atoms with Crippen LogP contribution in [0.5, 0.6) is 0 Å². The van der Waals surface area contributed by atoms with Gasteiger partial charge in [-0.25, -0.2) is 0 Å². The van der Waals surface area contributed by atoms with Crippen molar-refractivity contribution in [2.24, 2.45) is 0 Å². The molecule has 16 heteroatoms. The van der Waals surface area contributed by atoms with Gasteiger partial charge in [-0.05, 0) is 37.0 Å². The van der Waals surface area contributed by atoms with Crippen molar-refractivity contribution in [3.63, 3.8) is 0 Å². The van der Waals surface area contributed by atoms with E-state index in [1.165, 1.54) is 0 Å². The molecule has 1 aromatic carbocycles. The fraction of sp³-hybridized carbons (Fsp3) is 0.600. The van der Waals surface area contributed by atoms with Gasteiger partial charge in [0.15, 0.2) is 0 Å². The third-order valence-corrected chi connectivity index (χ3v) is 9.67. The Morgan fingerprint density at radius 3 is 2.03 bits per heavy atom. The van der Waals surface area contributed by atoms with Gasteiger partial charge in [-0.15, -0.1) is 23.2 Å². The van der Waals surface area contributed by atoms with Gasteiger partial charge in [0.25, 0.3) is 5.08 Å². The van der Waals surface area contributed by atoms with E-state index in [-0.39, 0.29) is 25.8 Å². The number of anilines is 1. The maximum absolute atomic E-state index is 12.5. The first-order valence-corrected chi connectivity index (χ1v) is 15.4. The summed E-state index contributed by atoms with van der Waals surface area (Å²) in [7, 11) is -11.0. The van der Waals surface area contributed by atoms with Crippen molar-refractivity contribution in [3.05, 3.63) is 29.8 Å². The first-order valence-electron chi connectivity index (χ1n) is 11.1. The van der Waals surface area contributed by atoms with Crippen molar-refractivity contribution < 1.29 is 43.4 Å². The second-order valence-electron chi connectivity index (χ2n) is 8.04. The number of alkyl halides is 2. The van der Waals surface area contributed by atoms with Gasteiger partial charge in [0.2, 0.25) is 12.3 Å². The number of carbonyl (C=O) groups is 2. The van der Waals surface area contributed by atoms with E-state index in [1.807, 2.05) is 29.2 Å². The summed E-state index contributed by atoms with van der Waals surface area (Å²) < 4.78 is 22.7. The number of nitrogens with zero attached hydrogens (tertiary/aromatic N) is 1. The van der Waals surface area contributed by atoms with Crippen LogP contribution in [0.25, 0.3) is 0 Å². The second kappa shape index (κ2) is 15.3. The van der Waals surface area contributed by atoms with Gasteiger partial charge in [-0.2, -0.15) is 0 Å². The third-order valence-electron chi connectivity index (χ3n) is 5.46. The summed E-state index contributed by atoms with van der Waals surface area (Å²) in [6.45, 7) is 1.40. The number of benzene rings is 1. The third kappa shape index (κ3) is 9.93. The van der Waals surface area contributed by atoms with Gasteiger partial charge in [0.05, 0.1) is 0 Å². The molecular formula is C20H33Cl2N3O9P2. The van der Waals surface area contributed by atoms with Crippen molar-refractivity contribution >= 4 is 56.4 Å². The molecule has 36 heavy (non-hydrogen) atoms. The number of rotatable bonds is 18. The van der Waals surface area contributed by atoms with Crippen LogP contribution in [0.15, 0.2) is 24.3 Å². The van der Waals surface area contributed by atoms with Crippen molar-refractivity contribution in [3.8, 4) is 0 Å². The van der Waals surface area contributed by atoms with E-state index in [1.54, 1.807) is 0 Å². The van der Waals surface area contributed by atoms with Crippen LogP contribution in [0.4, 0.5) is 5.69 Å². The standard InChI is InChI=1S/C20H33Cl2N3O9P2/c21-9-12-25(13-10-22)17-6-4-16(5-7-17)14-18(24-15-26)19(27)23-11-3-1-2-8-20(28,35(29,30)31)36(32,33)34/h4-7,15,18,28H,1-3,8-14H2,(H,23,27)(H,24,26)(H2,29,30,31)(H2,32,33,34)/t18-/m0/s1. The lowest BCUT2D eigenvalue weighted by Crippen LogP contribution is -2.45. The minimum Gasteiger partial charge on any atom is -0.369 e. The van der Waals surface area contributed by atoms with E-state index in [9.17, 15) is 23.8 Å². The van der Waals surface area contributed by atoms with Crippen molar-refractivity contribution in [2.45, 2.75) is 43.2 Å². The summed E-state index contributed by atoms with van der Waals surface area (Å²) in [5.74, 6) is 0.440. The fourth-order valence-electron chi connectivity index (χ4n) is 3.42. The highest BCUT2D eigenvalue weighted by molar-refractivity contribution is 7.72. The summed E-state index contributed by atoms with van der Waals surface area (Å²) in [4.78, 5) is 62.1. The van der Waals surface area contributed by atoms with Crippen LogP contribution in [0.2, 0.25) is 0 Å². The predicted molar refractivity (Wildman–Crippen MR) is 137 cm³/mol. The summed E-state index contributed by atoms with van der Waals surface area (Å²) in [5.41, 5.74) is 1.73. The second-order valence-corrected chi connectivity index (χ2v) is 12.8. The monoisotopic (exact) mass is 591 g/mol. The zero-order valence-electron chi connectivity index (χ0n) is 19.5. The molecule has 2 amide bonds. The van der Waals surface area contributed by atoms with E-state index < -0.39 is 38.6 Å². The van der Waals surface area contributed by atoms with Crippen LogP contribution < -0.4 is 15.5 Å². The molecule has 0 spiro atoms. The Balaban J connectivity index is 2.59. The summed E-state index contributed by atoms with van der Waals surface area (Å²) in [5, 5.41) is 11.5. The number of halogens is 2. The summed E-state index contributed by atoms with van der Waals surface area (Å²) >= 11 is 11.7. The maximum atomic E-state index is 12.5. The largest absolute Gasteiger partial charge is 0.369 e. The van der Waals surface area contributed by atoms with Gasteiger partial charge < -0.3 is 40.2 Å². The molecule has 0 fully saturated rings. The smallest absolute Gasteiger partial charge is 0.369 e. The number of aliphatic hydroxyl groups is 1. The van der Waals surface area contributed by atoms with Crippen LogP contribution in [-0.4, -0.2) is 79.5 Å². The Morgan fingerprint density at radius 1 is 1.00 bits per heavy atom. The lowest BCUT2D eigenvalue weighted by molar-refractivity contribution is -0.125. The van der Waals surface area contributed by atoms with Crippen LogP contribution >= 0.6 is 38.4 Å². The van der Waals surface area contributed by atoms with Crippen LogP contribution in [-0.2, 0) is 25.1 Å². The zero-order valence-corrected chi connectivity index (χ0v) is 22.8. The molecule has 0 saturated carbocycles. The maximum Gasteiger partial charge on any atom is 0.369 e. The van der Waals surface area contributed by atoms with Crippen molar-refractivity contribution in [1.29, 1.82) is 0 Å². The number of amides is 2. The van der Waals surface area contributed by atoms with E-state index in [4.69, 9.17) is 42.8 Å². The first kappa shape index (κ1) is 32.8. The fourth-order valence-corrected chi connectivity index (χ4v) is 6.09.